The zero-order valence-electron chi connectivity index (χ0n) is 18.0. The molecule has 0 radical (unpaired) electrons. The average Bonchev–Trinajstić information content (AvgIpc) is 3.56. The third-order valence-electron chi connectivity index (χ3n) is 6.05. The molecule has 8 heteroatoms. The highest BCUT2D eigenvalue weighted by atomic mass is 32.1. The van der Waals surface area contributed by atoms with Crippen molar-refractivity contribution < 1.29 is 14.3 Å². The largest absolute Gasteiger partial charge is 0.446 e. The third-order valence-corrected chi connectivity index (χ3v) is 6.98. The highest BCUT2D eigenvalue weighted by molar-refractivity contribution is 7.22. The minimum Gasteiger partial charge on any atom is -0.446 e. The number of amides is 2. The number of nitrogens with zero attached hydrogens (tertiary/aromatic N) is 2. The summed E-state index contributed by atoms with van der Waals surface area (Å²) in [5, 5.41) is 6.41. The van der Waals surface area contributed by atoms with E-state index < -0.39 is 6.09 Å². The van der Waals surface area contributed by atoms with Crippen LogP contribution in [0.3, 0.4) is 0 Å². The molecule has 0 bridgehead atoms. The molecule has 5 rings (SSSR count). The fraction of sp³-hybridized carbons (Fsp3) is 0.417. The number of fused-ring (bicyclic) bond motifs is 1. The lowest BCUT2D eigenvalue weighted by molar-refractivity contribution is -0.117. The van der Waals surface area contributed by atoms with Crippen molar-refractivity contribution in [3.63, 3.8) is 0 Å². The van der Waals surface area contributed by atoms with Gasteiger partial charge in [0.2, 0.25) is 5.91 Å². The van der Waals surface area contributed by atoms with E-state index in [1.807, 2.05) is 31.2 Å². The molecule has 2 amide bonds. The van der Waals surface area contributed by atoms with Gasteiger partial charge in [0.1, 0.15) is 6.10 Å². The minimum atomic E-state index is -0.423. The van der Waals surface area contributed by atoms with Crippen LogP contribution in [0.2, 0.25) is 0 Å². The normalized spacial score (nSPS) is 16.7. The zero-order valence-corrected chi connectivity index (χ0v) is 18.8. The number of thiazole rings is 1. The topological polar surface area (TPSA) is 93.2 Å². The number of anilines is 2. The van der Waals surface area contributed by atoms with Crippen LogP contribution in [-0.4, -0.2) is 28.1 Å². The quantitative estimate of drug-likeness (QED) is 0.505. The van der Waals surface area contributed by atoms with Crippen LogP contribution in [0.25, 0.3) is 21.3 Å². The first-order valence-corrected chi connectivity index (χ1v) is 12.0. The maximum absolute atomic E-state index is 12.4. The second kappa shape index (κ2) is 8.86. The van der Waals surface area contributed by atoms with Crippen molar-refractivity contribution in [1.29, 1.82) is 0 Å². The molecule has 3 aromatic rings. The van der Waals surface area contributed by atoms with Gasteiger partial charge >= 0.3 is 6.09 Å². The number of aromatic nitrogens is 2. The minimum absolute atomic E-state index is 0.00327. The van der Waals surface area contributed by atoms with Gasteiger partial charge in [-0.25, -0.2) is 9.78 Å². The van der Waals surface area contributed by atoms with E-state index in [0.29, 0.717) is 10.8 Å². The van der Waals surface area contributed by atoms with Crippen LogP contribution in [0.15, 0.2) is 30.5 Å². The Labute approximate surface area is 190 Å². The van der Waals surface area contributed by atoms with E-state index in [9.17, 15) is 9.59 Å². The number of carbonyl (C=O) groups is 2. The van der Waals surface area contributed by atoms with Crippen LogP contribution in [0.1, 0.15) is 50.6 Å². The van der Waals surface area contributed by atoms with Gasteiger partial charge in [-0.1, -0.05) is 23.8 Å². The maximum Gasteiger partial charge on any atom is 0.411 e. The van der Waals surface area contributed by atoms with E-state index in [1.165, 1.54) is 17.8 Å². The highest BCUT2D eigenvalue weighted by Gasteiger charge is 2.30. The van der Waals surface area contributed by atoms with Crippen molar-refractivity contribution in [2.45, 2.75) is 58.0 Å². The second-order valence-corrected chi connectivity index (χ2v) is 9.64. The molecule has 2 heterocycles. The summed E-state index contributed by atoms with van der Waals surface area (Å²) in [6, 6.07) is 7.88. The summed E-state index contributed by atoms with van der Waals surface area (Å²) in [6.07, 6.45) is 8.61. The number of aryl methyl sites for hydroxylation is 1. The number of hydrogen-bond donors (Lipinski definition) is 2. The lowest BCUT2D eigenvalue weighted by atomic mass is 9.98. The first kappa shape index (κ1) is 20.9. The molecule has 2 aromatic heterocycles. The van der Waals surface area contributed by atoms with Gasteiger partial charge < -0.3 is 10.1 Å². The van der Waals surface area contributed by atoms with E-state index in [1.54, 1.807) is 6.20 Å². The molecule has 2 fully saturated rings. The van der Waals surface area contributed by atoms with Crippen LogP contribution < -0.4 is 10.6 Å². The molecule has 166 valence electrons. The molecule has 1 aromatic carbocycles. The molecule has 32 heavy (non-hydrogen) atoms. The summed E-state index contributed by atoms with van der Waals surface area (Å²) < 4.78 is 6.58. The monoisotopic (exact) mass is 450 g/mol. The van der Waals surface area contributed by atoms with Gasteiger partial charge in [0.25, 0.3) is 0 Å². The number of carbonyl (C=O) groups excluding carboxylic acids is 2. The summed E-state index contributed by atoms with van der Waals surface area (Å²) in [4.78, 5) is 33.4. The molecule has 0 aliphatic heterocycles. The first-order valence-electron chi connectivity index (χ1n) is 11.2. The maximum atomic E-state index is 12.4. The van der Waals surface area contributed by atoms with Gasteiger partial charge in [-0.2, -0.15) is 0 Å². The average molecular weight is 451 g/mol. The van der Waals surface area contributed by atoms with Gasteiger partial charge in [-0.05, 0) is 69.2 Å². The smallest absolute Gasteiger partial charge is 0.411 e. The number of hydrogen-bond acceptors (Lipinski definition) is 6. The van der Waals surface area contributed by atoms with Crippen LogP contribution in [0.4, 0.5) is 15.6 Å². The molecule has 2 saturated carbocycles. The Morgan fingerprint density at radius 1 is 1.03 bits per heavy atom. The summed E-state index contributed by atoms with van der Waals surface area (Å²) >= 11 is 1.46. The molecule has 0 atom stereocenters. The molecule has 2 aliphatic rings. The predicted molar refractivity (Wildman–Crippen MR) is 126 cm³/mol. The number of rotatable bonds is 5. The number of nitrogens with one attached hydrogen (secondary N) is 2. The Balaban J connectivity index is 1.32. The van der Waals surface area contributed by atoms with Crippen molar-refractivity contribution in [1.82, 2.24) is 9.97 Å². The molecular weight excluding hydrogens is 424 g/mol. The lowest BCUT2D eigenvalue weighted by Gasteiger charge is -2.22. The van der Waals surface area contributed by atoms with E-state index in [-0.39, 0.29) is 17.9 Å². The van der Waals surface area contributed by atoms with E-state index in [4.69, 9.17) is 4.74 Å². The van der Waals surface area contributed by atoms with Crippen molar-refractivity contribution in [2.24, 2.45) is 5.92 Å². The van der Waals surface area contributed by atoms with Crippen LogP contribution in [0.5, 0.6) is 0 Å². The number of pyridine rings is 1. The predicted octanol–water partition coefficient (Wildman–Crippen LogP) is 5.90. The Morgan fingerprint density at radius 3 is 2.62 bits per heavy atom. The van der Waals surface area contributed by atoms with E-state index in [2.05, 4.69) is 20.6 Å². The summed E-state index contributed by atoms with van der Waals surface area (Å²) in [7, 11) is 0. The van der Waals surface area contributed by atoms with Crippen molar-refractivity contribution >= 4 is 44.4 Å². The standard InChI is InChI=1S/C24H26N4O3S/c1-14-20(27-24(30)31-18-5-3-2-4-6-18)11-17(13-25-14)16-9-10-19-21(12-16)32-23(26-19)28-22(29)15-7-8-15/h9-13,15,18H,2-8H2,1H3,(H,27,30)(H,26,28,29). The van der Waals surface area contributed by atoms with Crippen LogP contribution in [0, 0.1) is 12.8 Å². The zero-order chi connectivity index (χ0) is 22.1. The fourth-order valence-corrected chi connectivity index (χ4v) is 4.91. The first-order chi connectivity index (χ1) is 15.5. The second-order valence-electron chi connectivity index (χ2n) is 8.61. The van der Waals surface area contributed by atoms with E-state index >= 15 is 0 Å². The summed E-state index contributed by atoms with van der Waals surface area (Å²) in [6.45, 7) is 1.86. The molecule has 0 unspecified atom stereocenters. The highest BCUT2D eigenvalue weighted by Crippen LogP contribution is 2.34. The number of ether oxygens (including phenoxy) is 1. The van der Waals surface area contributed by atoms with Gasteiger partial charge in [0.15, 0.2) is 5.13 Å². The fourth-order valence-electron chi connectivity index (χ4n) is 4.00. The Kier molecular flexibility index (Phi) is 5.78. The van der Waals surface area contributed by atoms with Crippen LogP contribution >= 0.6 is 11.3 Å². The van der Waals surface area contributed by atoms with Crippen molar-refractivity contribution in [3.05, 3.63) is 36.2 Å². The van der Waals surface area contributed by atoms with Gasteiger partial charge in [-0.3, -0.25) is 15.1 Å². The van der Waals surface area contributed by atoms with Crippen molar-refractivity contribution in [2.75, 3.05) is 10.6 Å². The summed E-state index contributed by atoms with van der Waals surface area (Å²) in [5.74, 6) is 0.203. The molecular formula is C24H26N4O3S. The van der Waals surface area contributed by atoms with Gasteiger partial charge in [0.05, 0.1) is 21.6 Å². The lowest BCUT2D eigenvalue weighted by Crippen LogP contribution is -2.24. The molecule has 2 N–H and O–H groups in total. The molecule has 2 aliphatic carbocycles. The Morgan fingerprint density at radius 2 is 1.84 bits per heavy atom. The Bertz CT molecular complexity index is 1170. The van der Waals surface area contributed by atoms with E-state index in [0.717, 1.165) is 65.6 Å². The SMILES string of the molecule is Cc1ncc(-c2ccc3nc(NC(=O)C4CC4)sc3c2)cc1NC(=O)OC1CCCCC1. The van der Waals surface area contributed by atoms with Gasteiger partial charge in [-0.15, -0.1) is 0 Å². The molecule has 7 nitrogen and oxygen atoms in total. The number of benzene rings is 1. The van der Waals surface area contributed by atoms with Gasteiger partial charge in [0, 0.05) is 17.7 Å². The molecule has 0 saturated heterocycles. The van der Waals surface area contributed by atoms with Crippen LogP contribution in [-0.2, 0) is 9.53 Å². The summed E-state index contributed by atoms with van der Waals surface area (Å²) in [5.41, 5.74) is 4.09. The molecule has 0 spiro atoms. The Hall–Kier alpha value is -3.00. The third kappa shape index (κ3) is 4.75. The van der Waals surface area contributed by atoms with Crippen molar-refractivity contribution in [3.8, 4) is 11.1 Å².